The number of hydrogen-bond donors (Lipinski definition) is 0. The molecule has 0 radical (unpaired) electrons. The van der Waals surface area contributed by atoms with Crippen LogP contribution in [0.25, 0.3) is 0 Å². The molecule has 102 valence electrons. The highest BCUT2D eigenvalue weighted by Gasteiger charge is 2.36. The van der Waals surface area contributed by atoms with Crippen LogP contribution in [0.15, 0.2) is 48.5 Å². The van der Waals surface area contributed by atoms with Crippen LogP contribution in [0.2, 0.25) is 0 Å². The van der Waals surface area contributed by atoms with Crippen LogP contribution in [0.5, 0.6) is 0 Å². The molecule has 0 N–H and O–H groups in total. The number of carbonyl (C=O) groups is 1. The summed E-state index contributed by atoms with van der Waals surface area (Å²) in [6, 6.07) is 15.8. The molecule has 1 heterocycles. The lowest BCUT2D eigenvalue weighted by molar-refractivity contribution is -0.103. The van der Waals surface area contributed by atoms with Gasteiger partial charge in [-0.05, 0) is 24.1 Å². The lowest BCUT2D eigenvalue weighted by Crippen LogP contribution is -2.34. The summed E-state index contributed by atoms with van der Waals surface area (Å²) in [5.41, 5.74) is 3.86. The number of ether oxygens (including phenoxy) is 2. The van der Waals surface area contributed by atoms with Gasteiger partial charge in [0.1, 0.15) is 0 Å². The highest BCUT2D eigenvalue weighted by Crippen LogP contribution is 2.36. The number of carbonyl (C=O) groups excluding carboxylic acids is 1. The van der Waals surface area contributed by atoms with Crippen LogP contribution in [0.4, 0.5) is 0 Å². The van der Waals surface area contributed by atoms with Crippen molar-refractivity contribution in [3.05, 3.63) is 70.8 Å². The van der Waals surface area contributed by atoms with E-state index in [2.05, 4.69) is 24.3 Å². The summed E-state index contributed by atoms with van der Waals surface area (Å²) < 4.78 is 10.8. The molecule has 3 nitrogen and oxygen atoms in total. The fraction of sp³-hybridized carbons (Fsp3) is 0.235. The molecule has 2 atom stereocenters. The molecule has 0 saturated carbocycles. The number of methoxy groups -OCH3 is 1. The van der Waals surface area contributed by atoms with Gasteiger partial charge in [-0.25, -0.2) is 4.79 Å². The second kappa shape index (κ2) is 5.10. The number of benzene rings is 2. The van der Waals surface area contributed by atoms with Crippen molar-refractivity contribution < 1.29 is 14.3 Å². The Kier molecular flexibility index (Phi) is 3.28. The Hall–Kier alpha value is -2.13. The molecule has 0 aromatic heterocycles. The van der Waals surface area contributed by atoms with Gasteiger partial charge in [-0.2, -0.15) is 0 Å². The van der Waals surface area contributed by atoms with Gasteiger partial charge in [0.25, 0.3) is 0 Å². The van der Waals surface area contributed by atoms with Crippen LogP contribution in [0.1, 0.15) is 33.0 Å². The summed E-state index contributed by atoms with van der Waals surface area (Å²) in [6.45, 7) is 2.05. The van der Waals surface area contributed by atoms with Crippen molar-refractivity contribution in [3.63, 3.8) is 0 Å². The van der Waals surface area contributed by atoms with E-state index in [4.69, 9.17) is 9.47 Å². The minimum atomic E-state index is -0.583. The first-order valence-corrected chi connectivity index (χ1v) is 6.60. The van der Waals surface area contributed by atoms with E-state index in [9.17, 15) is 4.79 Å². The van der Waals surface area contributed by atoms with Gasteiger partial charge >= 0.3 is 5.97 Å². The van der Waals surface area contributed by atoms with Crippen LogP contribution in [-0.4, -0.2) is 19.4 Å². The molecule has 0 fully saturated rings. The van der Waals surface area contributed by atoms with Crippen molar-refractivity contribution in [2.45, 2.75) is 19.1 Å². The Morgan fingerprint density at radius 1 is 1.05 bits per heavy atom. The summed E-state index contributed by atoms with van der Waals surface area (Å²) >= 11 is 0. The largest absolute Gasteiger partial charge is 0.431 e. The lowest BCUT2D eigenvalue weighted by Gasteiger charge is -2.32. The third-order valence-corrected chi connectivity index (χ3v) is 3.68. The van der Waals surface area contributed by atoms with Crippen molar-refractivity contribution in [1.29, 1.82) is 0 Å². The molecular formula is C17H16O3. The third-order valence-electron chi connectivity index (χ3n) is 3.68. The predicted octanol–water partition coefficient (Wildman–Crippen LogP) is 3.27. The second-order valence-electron chi connectivity index (χ2n) is 4.99. The predicted molar refractivity (Wildman–Crippen MR) is 75.7 cm³/mol. The Balaban J connectivity index is 2.13. The first-order chi connectivity index (χ1) is 9.70. The minimum absolute atomic E-state index is 0.0884. The van der Waals surface area contributed by atoms with Crippen LogP contribution in [0, 0.1) is 6.92 Å². The molecular weight excluding hydrogens is 252 g/mol. The number of esters is 1. The van der Waals surface area contributed by atoms with E-state index in [1.165, 1.54) is 5.56 Å². The van der Waals surface area contributed by atoms with E-state index < -0.39 is 6.29 Å². The van der Waals surface area contributed by atoms with Crippen molar-refractivity contribution in [2.75, 3.05) is 7.11 Å². The summed E-state index contributed by atoms with van der Waals surface area (Å²) in [6.07, 6.45) is -0.583. The SMILES string of the molecule is COC1OC(=O)c2ccccc2C1c1ccc(C)cc1. The topological polar surface area (TPSA) is 35.5 Å². The zero-order valence-electron chi connectivity index (χ0n) is 11.5. The summed E-state index contributed by atoms with van der Waals surface area (Å²) in [5.74, 6) is -0.412. The maximum absolute atomic E-state index is 12.0. The number of cyclic esters (lactones) is 1. The van der Waals surface area contributed by atoms with Crippen LogP contribution >= 0.6 is 0 Å². The van der Waals surface area contributed by atoms with E-state index in [0.29, 0.717) is 5.56 Å². The summed E-state index contributed by atoms with van der Waals surface area (Å²) in [7, 11) is 1.56. The quantitative estimate of drug-likeness (QED) is 0.784. The van der Waals surface area contributed by atoms with Gasteiger partial charge in [0.15, 0.2) is 0 Å². The second-order valence-corrected chi connectivity index (χ2v) is 4.99. The monoisotopic (exact) mass is 268 g/mol. The molecule has 3 rings (SSSR count). The standard InChI is InChI=1S/C17H16O3/c1-11-7-9-12(10-8-11)15-13-5-3-4-6-14(13)16(18)20-17(15)19-2/h3-10,15,17H,1-2H3. The molecule has 0 bridgehead atoms. The van der Waals surface area contributed by atoms with Crippen LogP contribution in [0.3, 0.4) is 0 Å². The van der Waals surface area contributed by atoms with E-state index in [-0.39, 0.29) is 11.9 Å². The molecule has 0 spiro atoms. The Labute approximate surface area is 118 Å². The summed E-state index contributed by atoms with van der Waals surface area (Å²) in [5, 5.41) is 0. The van der Waals surface area contributed by atoms with Crippen molar-refractivity contribution in [1.82, 2.24) is 0 Å². The maximum Gasteiger partial charge on any atom is 0.340 e. The van der Waals surface area contributed by atoms with Crippen LogP contribution < -0.4 is 0 Å². The van der Waals surface area contributed by atoms with Crippen LogP contribution in [-0.2, 0) is 9.47 Å². The third kappa shape index (κ3) is 2.10. The van der Waals surface area contributed by atoms with Gasteiger partial charge < -0.3 is 9.47 Å². The van der Waals surface area contributed by atoms with Gasteiger partial charge in [0.2, 0.25) is 6.29 Å². The Morgan fingerprint density at radius 3 is 2.45 bits per heavy atom. The average Bonchev–Trinajstić information content (AvgIpc) is 2.48. The first-order valence-electron chi connectivity index (χ1n) is 6.60. The van der Waals surface area contributed by atoms with Gasteiger partial charge in [-0.15, -0.1) is 0 Å². The highest BCUT2D eigenvalue weighted by atomic mass is 16.7. The minimum Gasteiger partial charge on any atom is -0.431 e. The Bertz CT molecular complexity index is 631. The molecule has 3 heteroatoms. The first kappa shape index (κ1) is 12.9. The number of hydrogen-bond acceptors (Lipinski definition) is 3. The molecule has 2 unspecified atom stereocenters. The van der Waals surface area contributed by atoms with Crippen molar-refractivity contribution in [3.8, 4) is 0 Å². The smallest absolute Gasteiger partial charge is 0.340 e. The fourth-order valence-electron chi connectivity index (χ4n) is 2.63. The normalized spacial score (nSPS) is 21.2. The van der Waals surface area contributed by atoms with Crippen molar-refractivity contribution >= 4 is 5.97 Å². The summed E-state index contributed by atoms with van der Waals surface area (Å²) in [4.78, 5) is 12.0. The van der Waals surface area contributed by atoms with Gasteiger partial charge in [0, 0.05) is 7.11 Å². The molecule has 0 aliphatic carbocycles. The molecule has 1 aliphatic heterocycles. The lowest BCUT2D eigenvalue weighted by atomic mass is 9.85. The zero-order chi connectivity index (χ0) is 14.1. The van der Waals surface area contributed by atoms with E-state index in [1.54, 1.807) is 13.2 Å². The molecule has 1 aliphatic rings. The molecule has 2 aromatic carbocycles. The molecule has 0 amide bonds. The Morgan fingerprint density at radius 2 is 1.75 bits per heavy atom. The van der Waals surface area contributed by atoms with Gasteiger partial charge in [-0.1, -0.05) is 48.0 Å². The van der Waals surface area contributed by atoms with Crippen molar-refractivity contribution in [2.24, 2.45) is 0 Å². The number of fused-ring (bicyclic) bond motifs is 1. The highest BCUT2D eigenvalue weighted by molar-refractivity contribution is 5.92. The maximum atomic E-state index is 12.0. The zero-order valence-corrected chi connectivity index (χ0v) is 11.5. The van der Waals surface area contributed by atoms with E-state index in [0.717, 1.165) is 11.1 Å². The van der Waals surface area contributed by atoms with Gasteiger partial charge in [-0.3, -0.25) is 0 Å². The average molecular weight is 268 g/mol. The van der Waals surface area contributed by atoms with Gasteiger partial charge in [0.05, 0.1) is 11.5 Å². The van der Waals surface area contributed by atoms with E-state index >= 15 is 0 Å². The molecule has 20 heavy (non-hydrogen) atoms. The van der Waals surface area contributed by atoms with E-state index in [1.807, 2.05) is 25.1 Å². The molecule has 2 aromatic rings. The number of aryl methyl sites for hydroxylation is 1. The fourth-order valence-corrected chi connectivity index (χ4v) is 2.63. The molecule has 0 saturated heterocycles. The number of rotatable bonds is 2.